The number of carbonyl (C=O) groups excluding carboxylic acids is 5. The number of amides is 5. The van der Waals surface area contributed by atoms with Crippen LogP contribution in [0.1, 0.15) is 83.2 Å². The van der Waals surface area contributed by atoms with E-state index in [1.54, 1.807) is 16.9 Å². The van der Waals surface area contributed by atoms with Crippen molar-refractivity contribution in [1.29, 1.82) is 0 Å². The third-order valence-corrected chi connectivity index (χ3v) is 13.0. The van der Waals surface area contributed by atoms with Gasteiger partial charge in [0, 0.05) is 68.7 Å². The van der Waals surface area contributed by atoms with E-state index in [2.05, 4.69) is 45.1 Å². The molecule has 1 aromatic carbocycles. The Balaban J connectivity index is 0.000000216. The van der Waals surface area contributed by atoms with Gasteiger partial charge in [0.05, 0.1) is 11.3 Å². The maximum Gasteiger partial charge on any atom is 0.523 e. The van der Waals surface area contributed by atoms with Gasteiger partial charge in [-0.15, -0.1) is 13.2 Å². The molecule has 0 radical (unpaired) electrons. The number of hydrogen-bond donors (Lipinski definition) is 4. The van der Waals surface area contributed by atoms with Crippen molar-refractivity contribution in [2.75, 3.05) is 56.5 Å². The summed E-state index contributed by atoms with van der Waals surface area (Å²) in [6.45, 7) is 15.9. The summed E-state index contributed by atoms with van der Waals surface area (Å²) in [6.07, 6.45) is 0.0752. The molecule has 6 N–H and O–H groups in total. The molecule has 0 unspecified atom stereocenters. The number of halogens is 6. The van der Waals surface area contributed by atoms with Gasteiger partial charge < -0.3 is 36.7 Å². The average molecular weight is 994 g/mol. The summed E-state index contributed by atoms with van der Waals surface area (Å²) in [4.78, 5) is 75.3. The second-order valence-corrected chi connectivity index (χ2v) is 18.0. The van der Waals surface area contributed by atoms with Crippen molar-refractivity contribution in [3.63, 3.8) is 0 Å². The van der Waals surface area contributed by atoms with Crippen LogP contribution < -0.4 is 22.1 Å². The van der Waals surface area contributed by atoms with Gasteiger partial charge in [-0.05, 0) is 75.1 Å². The van der Waals surface area contributed by atoms with Gasteiger partial charge in [0.25, 0.3) is 11.8 Å². The molecule has 5 amide bonds. The molecule has 2 saturated heterocycles. The number of likely N-dealkylation sites (tertiary alicyclic amines) is 2. The maximum absolute atomic E-state index is 12.8. The van der Waals surface area contributed by atoms with Crippen LogP contribution in [-0.4, -0.2) is 116 Å². The van der Waals surface area contributed by atoms with E-state index in [4.69, 9.17) is 24.6 Å². The lowest BCUT2D eigenvalue weighted by Gasteiger charge is -2.38. The fourth-order valence-electron chi connectivity index (χ4n) is 8.43. The molecule has 376 valence electrons. The van der Waals surface area contributed by atoms with Crippen molar-refractivity contribution in [2.45, 2.75) is 81.5 Å². The summed E-state index contributed by atoms with van der Waals surface area (Å²) in [7, 11) is 0. The van der Waals surface area contributed by atoms with Crippen LogP contribution in [0, 0.1) is 25.0 Å². The molecule has 5 heterocycles. The molecule has 4 fully saturated rings. The molecular formula is C46H49F6N13O6. The first-order valence-corrected chi connectivity index (χ1v) is 22.5. The Labute approximate surface area is 402 Å². The zero-order valence-electron chi connectivity index (χ0n) is 38.1. The standard InChI is InChI=1S/C28H28F3N7O2.C18H21F3N6O4/c1-33-17-27(38-16-22(24(32)39)25(36-38)35-26(40)20-3-4-20)10-12-37(13-11-27)15-18-2-9-23(34-14-18)19-5-7-21(8-6-19)28(29,30)31;1-23-10-17(4-6-26(7-5-17)13(28)9-31-18(19,20)21)27-8-12(14(22)29)15(25-27)24-16(30)11-2-3-11/h2,5-9,14,16,20H,3-4,10-13,15,17H2,(H2,32,39)(H,35,36,40);8,11H,2-7,9-10H2,(H2,22,29)(H,24,25,30). The number of nitrogens with one attached hydrogen (secondary N) is 2. The van der Waals surface area contributed by atoms with Crippen molar-refractivity contribution in [3.05, 3.63) is 100 Å². The summed E-state index contributed by atoms with van der Waals surface area (Å²) < 4.78 is 81.6. The number of aromatic nitrogens is 5. The first-order chi connectivity index (χ1) is 33.6. The zero-order valence-corrected chi connectivity index (χ0v) is 38.1. The molecule has 2 aliphatic heterocycles. The first-order valence-electron chi connectivity index (χ1n) is 22.5. The van der Waals surface area contributed by atoms with Crippen molar-refractivity contribution >= 4 is 41.2 Å². The minimum absolute atomic E-state index is 0.00422. The highest BCUT2D eigenvalue weighted by Gasteiger charge is 2.44. The highest BCUT2D eigenvalue weighted by atomic mass is 19.4. The topological polar surface area (TPSA) is 234 Å². The van der Waals surface area contributed by atoms with Crippen LogP contribution in [0.15, 0.2) is 55.0 Å². The normalized spacial score (nSPS) is 17.7. The predicted molar refractivity (Wildman–Crippen MR) is 240 cm³/mol. The smallest absolute Gasteiger partial charge is 0.365 e. The molecule has 2 saturated carbocycles. The third-order valence-electron chi connectivity index (χ3n) is 13.0. The number of benzene rings is 1. The second kappa shape index (κ2) is 20.9. The lowest BCUT2D eigenvalue weighted by molar-refractivity contribution is -0.321. The number of alkyl halides is 6. The minimum atomic E-state index is -4.90. The molecular weight excluding hydrogens is 945 g/mol. The third kappa shape index (κ3) is 12.7. The molecule has 4 aromatic rings. The molecule has 0 spiro atoms. The van der Waals surface area contributed by atoms with E-state index >= 15 is 0 Å². The van der Waals surface area contributed by atoms with Gasteiger partial charge >= 0.3 is 12.5 Å². The molecule has 2 aliphatic carbocycles. The van der Waals surface area contributed by atoms with Crippen LogP contribution in [0.25, 0.3) is 20.9 Å². The van der Waals surface area contributed by atoms with Crippen LogP contribution in [-0.2, 0) is 42.9 Å². The Bertz CT molecular complexity index is 2700. The first kappa shape index (κ1) is 51.5. The number of carbonyl (C=O) groups is 5. The van der Waals surface area contributed by atoms with Gasteiger partial charge in [0.15, 0.2) is 11.6 Å². The number of primary amides is 2. The van der Waals surface area contributed by atoms with E-state index in [1.165, 1.54) is 34.1 Å². The predicted octanol–water partition coefficient (Wildman–Crippen LogP) is 5.43. The Morgan fingerprint density at radius 2 is 1.20 bits per heavy atom. The quantitative estimate of drug-likeness (QED) is 0.0872. The van der Waals surface area contributed by atoms with Crippen molar-refractivity contribution in [3.8, 4) is 11.3 Å². The number of anilines is 2. The minimum Gasteiger partial charge on any atom is -0.365 e. The van der Waals surface area contributed by atoms with Gasteiger partial charge in [0.1, 0.15) is 28.8 Å². The van der Waals surface area contributed by atoms with Crippen LogP contribution in [0.4, 0.5) is 38.0 Å². The van der Waals surface area contributed by atoms with E-state index in [9.17, 15) is 50.3 Å². The Kier molecular flexibility index (Phi) is 15.2. The van der Waals surface area contributed by atoms with Gasteiger partial charge in [-0.2, -0.15) is 23.4 Å². The van der Waals surface area contributed by atoms with E-state index in [1.807, 2.05) is 6.07 Å². The van der Waals surface area contributed by atoms with E-state index in [0.29, 0.717) is 43.7 Å². The zero-order chi connectivity index (χ0) is 51.3. The number of nitrogens with zero attached hydrogens (tertiary/aromatic N) is 9. The number of pyridine rings is 1. The molecule has 25 heteroatoms. The van der Waals surface area contributed by atoms with Crippen LogP contribution >= 0.6 is 0 Å². The lowest BCUT2D eigenvalue weighted by atomic mass is 9.87. The molecule has 4 aliphatic rings. The summed E-state index contributed by atoms with van der Waals surface area (Å²) in [6, 6.07) is 8.61. The molecule has 0 bridgehead atoms. The summed E-state index contributed by atoms with van der Waals surface area (Å²) >= 11 is 0. The van der Waals surface area contributed by atoms with E-state index in [-0.39, 0.29) is 85.4 Å². The highest BCUT2D eigenvalue weighted by molar-refractivity contribution is 6.03. The van der Waals surface area contributed by atoms with Crippen LogP contribution in [0.2, 0.25) is 0 Å². The Morgan fingerprint density at radius 1 is 0.718 bits per heavy atom. The largest absolute Gasteiger partial charge is 0.523 e. The molecule has 71 heavy (non-hydrogen) atoms. The Morgan fingerprint density at radius 3 is 1.59 bits per heavy atom. The van der Waals surface area contributed by atoms with E-state index < -0.39 is 53.5 Å². The fourth-order valence-corrected chi connectivity index (χ4v) is 8.43. The molecule has 3 aromatic heterocycles. The molecule has 0 atom stereocenters. The van der Waals surface area contributed by atoms with Gasteiger partial charge in [0.2, 0.25) is 30.8 Å². The molecule has 8 rings (SSSR count). The average Bonchev–Trinajstić information content (AvgIpc) is 4.27. The second-order valence-electron chi connectivity index (χ2n) is 18.0. The fraction of sp³-hybridized carbons (Fsp3) is 0.478. The van der Waals surface area contributed by atoms with Gasteiger partial charge in [-0.3, -0.25) is 48.0 Å². The SMILES string of the molecule is [C-]#[N+]CC1(n2cc(C(N)=O)c(NC(=O)C3CC3)n2)CCN(C(=O)COC(F)(F)F)CC1.[C-]#[N+]CC1(n2cc(C(N)=O)c(NC(=O)C3CC3)n2)CCN(Cc2ccc(-c3ccc(C(F)(F)F)cc3)nc2)CC1. The van der Waals surface area contributed by atoms with Gasteiger partial charge in [-0.25, -0.2) is 13.1 Å². The number of rotatable bonds is 15. The summed E-state index contributed by atoms with van der Waals surface area (Å²) in [5, 5.41) is 14.1. The monoisotopic (exact) mass is 993 g/mol. The number of ether oxygens (including phenoxy) is 1. The number of hydrogen-bond acceptors (Lipinski definition) is 10. The van der Waals surface area contributed by atoms with Crippen LogP contribution in [0.3, 0.4) is 0 Å². The summed E-state index contributed by atoms with van der Waals surface area (Å²) in [5.41, 5.74) is 11.0. The highest BCUT2D eigenvalue weighted by Crippen LogP contribution is 2.37. The van der Waals surface area contributed by atoms with Crippen LogP contribution in [0.5, 0.6) is 0 Å². The van der Waals surface area contributed by atoms with Crippen molar-refractivity contribution in [2.24, 2.45) is 23.3 Å². The number of piperidine rings is 2. The van der Waals surface area contributed by atoms with E-state index in [0.717, 1.165) is 43.4 Å². The summed E-state index contributed by atoms with van der Waals surface area (Å²) in [5.74, 6) is -2.81. The lowest BCUT2D eigenvalue weighted by Crippen LogP contribution is -2.50. The Hall–Kier alpha value is -7.38. The number of nitrogens with two attached hydrogens (primary N) is 2. The maximum atomic E-state index is 12.8. The van der Waals surface area contributed by atoms with Crippen molar-refractivity contribution < 1.29 is 55.1 Å². The molecule has 19 nitrogen and oxygen atoms in total. The van der Waals surface area contributed by atoms with Gasteiger partial charge in [-0.1, -0.05) is 18.2 Å². The van der Waals surface area contributed by atoms with Crippen molar-refractivity contribution in [1.82, 2.24) is 34.3 Å².